The fourth-order valence-corrected chi connectivity index (χ4v) is 1.28. The normalized spacial score (nSPS) is 9.90. The summed E-state index contributed by atoms with van der Waals surface area (Å²) in [5, 5.41) is 0.843. The first-order valence-corrected chi connectivity index (χ1v) is 4.34. The number of rotatable bonds is 1. The minimum absolute atomic E-state index is 0.843. The van der Waals surface area contributed by atoms with Gasteiger partial charge in [-0.1, -0.05) is 15.9 Å². The minimum atomic E-state index is 0.843. The van der Waals surface area contributed by atoms with Crippen molar-refractivity contribution in [2.75, 3.05) is 0 Å². The summed E-state index contributed by atoms with van der Waals surface area (Å²) in [6, 6.07) is 4.16. The summed E-state index contributed by atoms with van der Waals surface area (Å²) in [5.41, 5.74) is 3.48. The van der Waals surface area contributed by atoms with E-state index in [1.165, 1.54) is 5.56 Å². The van der Waals surface area contributed by atoms with Crippen LogP contribution in [0.2, 0.25) is 0 Å². The Kier molecular flexibility index (Phi) is 2.44. The number of hydrogen-bond acceptors (Lipinski definition) is 1. The highest BCUT2D eigenvalue weighted by Crippen LogP contribution is 2.06. The monoisotopic (exact) mass is 199 g/mol. The van der Waals surface area contributed by atoms with E-state index in [9.17, 15) is 0 Å². The summed E-state index contributed by atoms with van der Waals surface area (Å²) < 4.78 is 0. The van der Waals surface area contributed by atoms with Crippen LogP contribution in [0, 0.1) is 13.8 Å². The third-order valence-electron chi connectivity index (χ3n) is 1.29. The molecule has 0 aliphatic heterocycles. The largest absolute Gasteiger partial charge is 0.257 e. The van der Waals surface area contributed by atoms with E-state index in [1.54, 1.807) is 0 Å². The van der Waals surface area contributed by atoms with Gasteiger partial charge >= 0.3 is 0 Å². The van der Waals surface area contributed by atoms with Gasteiger partial charge in [0.05, 0.1) is 5.69 Å². The highest BCUT2D eigenvalue weighted by Gasteiger charge is 1.93. The van der Waals surface area contributed by atoms with E-state index in [1.807, 2.05) is 6.92 Å². The summed E-state index contributed by atoms with van der Waals surface area (Å²) in [6.07, 6.45) is 0. The molecule has 0 radical (unpaired) electrons. The topological polar surface area (TPSA) is 12.9 Å². The number of hydrogen-bond donors (Lipinski definition) is 0. The summed E-state index contributed by atoms with van der Waals surface area (Å²) in [6.45, 7) is 4.10. The number of halogens is 1. The maximum atomic E-state index is 4.31. The Morgan fingerprint density at radius 2 is 2.10 bits per heavy atom. The minimum Gasteiger partial charge on any atom is -0.257 e. The van der Waals surface area contributed by atoms with Crippen molar-refractivity contribution in [3.63, 3.8) is 0 Å². The second-order valence-corrected chi connectivity index (χ2v) is 2.97. The van der Waals surface area contributed by atoms with E-state index in [2.05, 4.69) is 40.0 Å². The van der Waals surface area contributed by atoms with Crippen molar-refractivity contribution < 1.29 is 0 Å². The van der Waals surface area contributed by atoms with Crippen LogP contribution < -0.4 is 0 Å². The van der Waals surface area contributed by atoms with Crippen LogP contribution in [0.4, 0.5) is 0 Å². The molecule has 0 saturated carbocycles. The van der Waals surface area contributed by atoms with Crippen LogP contribution >= 0.6 is 15.9 Å². The van der Waals surface area contributed by atoms with Crippen LogP contribution in [0.25, 0.3) is 0 Å². The Labute approximate surface area is 69.6 Å². The first-order valence-electron chi connectivity index (χ1n) is 3.22. The van der Waals surface area contributed by atoms with Gasteiger partial charge in [-0.05, 0) is 31.5 Å². The van der Waals surface area contributed by atoms with Crippen LogP contribution in [0.15, 0.2) is 12.1 Å². The van der Waals surface area contributed by atoms with Gasteiger partial charge < -0.3 is 0 Å². The van der Waals surface area contributed by atoms with Gasteiger partial charge in [-0.2, -0.15) is 0 Å². The molecule has 1 nitrogen and oxygen atoms in total. The first kappa shape index (κ1) is 7.73. The number of alkyl halides is 1. The zero-order chi connectivity index (χ0) is 7.56. The number of aromatic nitrogens is 1. The Balaban J connectivity index is 3.06. The molecule has 0 aliphatic rings. The van der Waals surface area contributed by atoms with E-state index < -0.39 is 0 Å². The lowest BCUT2D eigenvalue weighted by Gasteiger charge is -1.98. The molecule has 54 valence electrons. The van der Waals surface area contributed by atoms with Crippen molar-refractivity contribution in [2.24, 2.45) is 0 Å². The molecule has 1 aromatic heterocycles. The van der Waals surface area contributed by atoms with Gasteiger partial charge in [0, 0.05) is 11.0 Å². The lowest BCUT2D eigenvalue weighted by atomic mass is 10.2. The molecule has 0 unspecified atom stereocenters. The lowest BCUT2D eigenvalue weighted by molar-refractivity contribution is 1.09. The molecule has 0 atom stereocenters. The molecule has 10 heavy (non-hydrogen) atoms. The van der Waals surface area contributed by atoms with Crippen molar-refractivity contribution in [3.8, 4) is 0 Å². The predicted octanol–water partition coefficient (Wildman–Crippen LogP) is 2.59. The molecule has 0 aromatic carbocycles. The standard InChI is InChI=1S/C8H10BrN/c1-6-3-7(2)10-8(4-6)5-9/h3-4H,5H2,1-2H3. The summed E-state index contributed by atoms with van der Waals surface area (Å²) in [7, 11) is 0. The highest BCUT2D eigenvalue weighted by molar-refractivity contribution is 9.08. The van der Waals surface area contributed by atoms with Gasteiger partial charge in [-0.3, -0.25) is 4.98 Å². The molecule has 0 spiro atoms. The molecule has 0 aliphatic carbocycles. The van der Waals surface area contributed by atoms with Gasteiger partial charge in [0.15, 0.2) is 0 Å². The molecule has 0 fully saturated rings. The molecule has 0 saturated heterocycles. The Bertz CT molecular complexity index is 212. The van der Waals surface area contributed by atoms with Gasteiger partial charge in [0.2, 0.25) is 0 Å². The zero-order valence-corrected chi connectivity index (χ0v) is 7.77. The molecular formula is C8H10BrN. The molecule has 2 heteroatoms. The highest BCUT2D eigenvalue weighted by atomic mass is 79.9. The second kappa shape index (κ2) is 3.15. The maximum absolute atomic E-state index is 4.31. The Morgan fingerprint density at radius 1 is 1.40 bits per heavy atom. The summed E-state index contributed by atoms with van der Waals surface area (Å²) in [5.74, 6) is 0. The molecule has 0 amide bonds. The molecular weight excluding hydrogens is 190 g/mol. The van der Waals surface area contributed by atoms with E-state index in [0.717, 1.165) is 16.7 Å². The second-order valence-electron chi connectivity index (χ2n) is 2.41. The average Bonchev–Trinajstić information content (AvgIpc) is 1.85. The van der Waals surface area contributed by atoms with Crippen molar-refractivity contribution in [3.05, 3.63) is 29.1 Å². The van der Waals surface area contributed by atoms with Gasteiger partial charge in [-0.15, -0.1) is 0 Å². The fraction of sp³-hybridized carbons (Fsp3) is 0.375. The maximum Gasteiger partial charge on any atom is 0.0514 e. The smallest absolute Gasteiger partial charge is 0.0514 e. The Morgan fingerprint density at radius 3 is 2.60 bits per heavy atom. The van der Waals surface area contributed by atoms with Crippen molar-refractivity contribution in [1.82, 2.24) is 4.98 Å². The van der Waals surface area contributed by atoms with Crippen LogP contribution in [0.5, 0.6) is 0 Å². The van der Waals surface area contributed by atoms with Crippen molar-refractivity contribution in [1.29, 1.82) is 0 Å². The van der Waals surface area contributed by atoms with E-state index >= 15 is 0 Å². The molecule has 0 bridgehead atoms. The van der Waals surface area contributed by atoms with Gasteiger partial charge in [0.1, 0.15) is 0 Å². The SMILES string of the molecule is Cc1cc(C)nc(CBr)c1. The predicted molar refractivity (Wildman–Crippen MR) is 46.3 cm³/mol. The van der Waals surface area contributed by atoms with Crippen LogP contribution in [0.3, 0.4) is 0 Å². The van der Waals surface area contributed by atoms with Crippen LogP contribution in [-0.4, -0.2) is 4.98 Å². The third-order valence-corrected chi connectivity index (χ3v) is 1.86. The van der Waals surface area contributed by atoms with Crippen molar-refractivity contribution in [2.45, 2.75) is 19.2 Å². The van der Waals surface area contributed by atoms with E-state index in [0.29, 0.717) is 0 Å². The van der Waals surface area contributed by atoms with Gasteiger partial charge in [0.25, 0.3) is 0 Å². The molecule has 1 heterocycles. The molecule has 1 rings (SSSR count). The molecule has 1 aromatic rings. The van der Waals surface area contributed by atoms with Gasteiger partial charge in [-0.25, -0.2) is 0 Å². The number of aryl methyl sites for hydroxylation is 2. The number of pyridine rings is 1. The molecule has 0 N–H and O–H groups in total. The van der Waals surface area contributed by atoms with E-state index in [-0.39, 0.29) is 0 Å². The average molecular weight is 200 g/mol. The van der Waals surface area contributed by atoms with E-state index in [4.69, 9.17) is 0 Å². The quantitative estimate of drug-likeness (QED) is 0.635. The summed E-state index contributed by atoms with van der Waals surface area (Å²) in [4.78, 5) is 4.31. The third kappa shape index (κ3) is 1.81. The van der Waals surface area contributed by atoms with Crippen LogP contribution in [0.1, 0.15) is 17.0 Å². The summed E-state index contributed by atoms with van der Waals surface area (Å²) >= 11 is 3.36. The first-order chi connectivity index (χ1) is 4.72. The fourth-order valence-electron chi connectivity index (χ4n) is 0.993. The van der Waals surface area contributed by atoms with Crippen LogP contribution in [-0.2, 0) is 5.33 Å². The Hall–Kier alpha value is -0.370. The number of nitrogens with zero attached hydrogens (tertiary/aromatic N) is 1. The van der Waals surface area contributed by atoms with Crippen molar-refractivity contribution >= 4 is 15.9 Å². The lowest BCUT2D eigenvalue weighted by Crippen LogP contribution is -1.89. The zero-order valence-electron chi connectivity index (χ0n) is 6.19.